The van der Waals surface area contributed by atoms with Crippen LogP contribution in [0.25, 0.3) is 0 Å². The van der Waals surface area contributed by atoms with Crippen LogP contribution in [0.1, 0.15) is 24.5 Å². The first-order valence-electron chi connectivity index (χ1n) is 10.5. The largest absolute Gasteiger partial charge is 0.466 e. The Morgan fingerprint density at radius 3 is 2.42 bits per heavy atom. The van der Waals surface area contributed by atoms with E-state index in [2.05, 4.69) is 9.71 Å². The van der Waals surface area contributed by atoms with Gasteiger partial charge in [-0.05, 0) is 79.4 Å². The van der Waals surface area contributed by atoms with E-state index < -0.39 is 10.0 Å². The molecule has 174 valence electrons. The maximum atomic E-state index is 12.5. The normalized spacial score (nSPS) is 11.2. The van der Waals surface area contributed by atoms with E-state index in [1.54, 1.807) is 31.5 Å². The lowest BCUT2D eigenvalue weighted by atomic mass is 10.0. The van der Waals surface area contributed by atoms with Crippen molar-refractivity contribution in [3.05, 3.63) is 83.1 Å². The van der Waals surface area contributed by atoms with Gasteiger partial charge in [0, 0.05) is 24.2 Å². The van der Waals surface area contributed by atoms with E-state index in [1.165, 1.54) is 24.3 Å². The van der Waals surface area contributed by atoms with Crippen LogP contribution >= 0.6 is 11.6 Å². The highest BCUT2D eigenvalue weighted by Crippen LogP contribution is 2.25. The van der Waals surface area contributed by atoms with Crippen LogP contribution in [0.2, 0.25) is 5.02 Å². The third-order valence-electron chi connectivity index (χ3n) is 4.65. The highest BCUT2D eigenvalue weighted by molar-refractivity contribution is 7.89. The van der Waals surface area contributed by atoms with Crippen molar-refractivity contribution >= 4 is 27.6 Å². The molecular weight excluding hydrogens is 464 g/mol. The fraction of sp³-hybridized carbons (Fsp3) is 0.250. The Bertz CT molecular complexity index is 1170. The Hall–Kier alpha value is -2.94. The predicted molar refractivity (Wildman–Crippen MR) is 126 cm³/mol. The number of carbonyl (C=O) groups excluding carboxylic acids is 1. The second-order valence-corrected chi connectivity index (χ2v) is 9.39. The molecule has 1 aromatic heterocycles. The van der Waals surface area contributed by atoms with Crippen LogP contribution in [0.5, 0.6) is 11.5 Å². The van der Waals surface area contributed by atoms with Gasteiger partial charge in [-0.25, -0.2) is 13.1 Å². The molecule has 33 heavy (non-hydrogen) atoms. The first kappa shape index (κ1) is 24.7. The van der Waals surface area contributed by atoms with Crippen LogP contribution in [0.15, 0.2) is 71.9 Å². The van der Waals surface area contributed by atoms with Crippen molar-refractivity contribution in [2.24, 2.45) is 0 Å². The summed E-state index contributed by atoms with van der Waals surface area (Å²) in [6.45, 7) is 2.30. The summed E-state index contributed by atoms with van der Waals surface area (Å²) in [6.07, 6.45) is 4.41. The van der Waals surface area contributed by atoms with Gasteiger partial charge in [-0.2, -0.15) is 0 Å². The lowest BCUT2D eigenvalue weighted by molar-refractivity contribution is -0.143. The molecule has 0 atom stereocenters. The number of ether oxygens (including phenoxy) is 2. The van der Waals surface area contributed by atoms with Crippen molar-refractivity contribution in [3.8, 4) is 11.5 Å². The first-order chi connectivity index (χ1) is 15.9. The molecule has 0 bridgehead atoms. The van der Waals surface area contributed by atoms with Crippen LogP contribution in [0, 0.1) is 0 Å². The zero-order valence-corrected chi connectivity index (χ0v) is 19.7. The summed E-state index contributed by atoms with van der Waals surface area (Å²) >= 11 is 5.84. The molecule has 1 heterocycles. The van der Waals surface area contributed by atoms with Crippen molar-refractivity contribution in [2.75, 3.05) is 13.2 Å². The maximum absolute atomic E-state index is 12.5. The summed E-state index contributed by atoms with van der Waals surface area (Å²) in [5.74, 6) is 0.891. The number of pyridine rings is 1. The second-order valence-electron chi connectivity index (χ2n) is 7.18. The van der Waals surface area contributed by atoms with Crippen LogP contribution in [-0.4, -0.2) is 32.5 Å². The van der Waals surface area contributed by atoms with Crippen LogP contribution in [0.4, 0.5) is 0 Å². The van der Waals surface area contributed by atoms with E-state index >= 15 is 0 Å². The van der Waals surface area contributed by atoms with Crippen molar-refractivity contribution in [1.82, 2.24) is 9.71 Å². The molecule has 7 nitrogen and oxygen atoms in total. The molecule has 0 saturated heterocycles. The molecule has 1 N–H and O–H groups in total. The molecule has 0 amide bonds. The summed E-state index contributed by atoms with van der Waals surface area (Å²) in [4.78, 5) is 16.0. The number of nitrogens with zero attached hydrogens (tertiary/aromatic N) is 1. The molecule has 3 aromatic rings. The van der Waals surface area contributed by atoms with E-state index in [-0.39, 0.29) is 23.8 Å². The minimum atomic E-state index is -3.65. The Morgan fingerprint density at radius 1 is 1.03 bits per heavy atom. The molecular formula is C24H25ClN2O5S. The quantitative estimate of drug-likeness (QED) is 0.398. The fourth-order valence-electron chi connectivity index (χ4n) is 3.13. The molecule has 0 aliphatic heterocycles. The number of carbonyl (C=O) groups is 1. The van der Waals surface area contributed by atoms with Gasteiger partial charge < -0.3 is 9.47 Å². The number of rotatable bonds is 11. The summed E-state index contributed by atoms with van der Waals surface area (Å²) < 4.78 is 38.5. The average Bonchev–Trinajstić information content (AvgIpc) is 2.79. The van der Waals surface area contributed by atoms with Gasteiger partial charge in [0.05, 0.1) is 17.7 Å². The van der Waals surface area contributed by atoms with E-state index in [0.29, 0.717) is 36.0 Å². The lowest BCUT2D eigenvalue weighted by Gasteiger charge is -2.12. The number of aryl methyl sites for hydroxylation is 1. The number of halogens is 1. The topological polar surface area (TPSA) is 94.6 Å². The van der Waals surface area contributed by atoms with E-state index in [0.717, 1.165) is 11.1 Å². The fourth-order valence-corrected chi connectivity index (χ4v) is 4.28. The molecule has 0 aliphatic rings. The molecule has 2 aromatic carbocycles. The molecule has 3 rings (SSSR count). The van der Waals surface area contributed by atoms with E-state index in [4.69, 9.17) is 21.1 Å². The van der Waals surface area contributed by atoms with Crippen LogP contribution in [-0.2, 0) is 32.4 Å². The van der Waals surface area contributed by atoms with Gasteiger partial charge in [-0.3, -0.25) is 9.78 Å². The summed E-state index contributed by atoms with van der Waals surface area (Å²) in [5.41, 5.74) is 1.76. The zero-order valence-electron chi connectivity index (χ0n) is 18.2. The van der Waals surface area contributed by atoms with Gasteiger partial charge in [-0.15, -0.1) is 0 Å². The lowest BCUT2D eigenvalue weighted by Crippen LogP contribution is -2.26. The van der Waals surface area contributed by atoms with Crippen molar-refractivity contribution in [2.45, 2.75) is 31.1 Å². The highest BCUT2D eigenvalue weighted by atomic mass is 35.5. The van der Waals surface area contributed by atoms with Gasteiger partial charge in [0.2, 0.25) is 10.0 Å². The first-order valence-corrected chi connectivity index (χ1v) is 12.3. The van der Waals surface area contributed by atoms with E-state index in [1.807, 2.05) is 18.2 Å². The van der Waals surface area contributed by atoms with Gasteiger partial charge in [0.15, 0.2) is 0 Å². The molecule has 0 unspecified atom stereocenters. The van der Waals surface area contributed by atoms with Crippen LogP contribution in [0.3, 0.4) is 0 Å². The van der Waals surface area contributed by atoms with Gasteiger partial charge in [0.25, 0.3) is 0 Å². The summed E-state index contributed by atoms with van der Waals surface area (Å²) in [7, 11) is -3.65. The molecule has 0 radical (unpaired) electrons. The molecule has 9 heteroatoms. The van der Waals surface area contributed by atoms with E-state index in [9.17, 15) is 13.2 Å². The number of nitrogens with one attached hydrogen (secondary N) is 1. The van der Waals surface area contributed by atoms with Gasteiger partial charge in [0.1, 0.15) is 11.5 Å². The third kappa shape index (κ3) is 7.85. The van der Waals surface area contributed by atoms with Crippen molar-refractivity contribution in [3.63, 3.8) is 0 Å². The molecule has 0 saturated carbocycles. The Labute approximate surface area is 198 Å². The molecule has 0 fully saturated rings. The van der Waals surface area contributed by atoms with Gasteiger partial charge >= 0.3 is 5.97 Å². The number of esters is 1. The number of hydrogen-bond acceptors (Lipinski definition) is 6. The van der Waals surface area contributed by atoms with Gasteiger partial charge in [-0.1, -0.05) is 17.7 Å². The highest BCUT2D eigenvalue weighted by Gasteiger charge is 2.14. The number of sulfonamides is 1. The second kappa shape index (κ2) is 11.8. The predicted octanol–water partition coefficient (Wildman–Crippen LogP) is 4.54. The average molecular weight is 489 g/mol. The summed E-state index contributed by atoms with van der Waals surface area (Å²) in [6, 6.07) is 15.2. The number of hydrogen-bond donors (Lipinski definition) is 1. The Morgan fingerprint density at radius 2 is 1.76 bits per heavy atom. The minimum absolute atomic E-state index is 0.149. The molecule has 0 spiro atoms. The Balaban J connectivity index is 1.71. The van der Waals surface area contributed by atoms with Crippen molar-refractivity contribution < 1.29 is 22.7 Å². The SMILES string of the molecule is CCOC(=O)CCc1cc(CCNS(=O)(=O)c2ccc(Cl)cc2)cc(Oc2cccnc2)c1. The minimum Gasteiger partial charge on any atom is -0.466 e. The summed E-state index contributed by atoms with van der Waals surface area (Å²) in [5, 5.41) is 0.467. The van der Waals surface area contributed by atoms with Crippen LogP contribution < -0.4 is 9.46 Å². The monoisotopic (exact) mass is 488 g/mol. The maximum Gasteiger partial charge on any atom is 0.306 e. The zero-order chi connectivity index (χ0) is 23.7. The third-order valence-corrected chi connectivity index (χ3v) is 6.38. The standard InChI is InChI=1S/C24H25ClN2O5S/c1-2-31-24(28)10-5-18-14-19(16-22(15-18)32-21-4-3-12-26-17-21)11-13-27-33(29,30)23-8-6-20(25)7-9-23/h3-4,6-9,12,14-17,27H,2,5,10-11,13H2,1H3. The number of benzene rings is 2. The van der Waals surface area contributed by atoms with Crippen molar-refractivity contribution in [1.29, 1.82) is 0 Å². The number of aromatic nitrogens is 1. The smallest absolute Gasteiger partial charge is 0.306 e. The Kier molecular flexibility index (Phi) is 8.82. The molecule has 0 aliphatic carbocycles.